The van der Waals surface area contributed by atoms with Crippen molar-refractivity contribution in [2.45, 2.75) is 33.1 Å². The molecule has 2 amide bonds. The summed E-state index contributed by atoms with van der Waals surface area (Å²) < 4.78 is 0. The largest absolute Gasteiger partial charge is 0.481 e. The summed E-state index contributed by atoms with van der Waals surface area (Å²) in [7, 11) is 1.62. The Morgan fingerprint density at radius 2 is 2.00 bits per heavy atom. The number of nitrogens with zero attached hydrogens (tertiary/aromatic N) is 2. The fraction of sp³-hybridized carbons (Fsp3) is 0.786. The Morgan fingerprint density at radius 1 is 1.35 bits per heavy atom. The smallest absolute Gasteiger partial charge is 0.305 e. The van der Waals surface area contributed by atoms with E-state index in [1.807, 2.05) is 13.8 Å². The van der Waals surface area contributed by atoms with E-state index in [4.69, 9.17) is 5.11 Å². The first-order valence-corrected chi connectivity index (χ1v) is 7.08. The molecule has 1 aliphatic heterocycles. The summed E-state index contributed by atoms with van der Waals surface area (Å²) in [4.78, 5) is 38.0. The molecular formula is C14H24N2O4. The van der Waals surface area contributed by atoms with Gasteiger partial charge >= 0.3 is 5.97 Å². The Hall–Kier alpha value is -1.59. The van der Waals surface area contributed by atoms with Gasteiger partial charge in [-0.25, -0.2) is 0 Å². The summed E-state index contributed by atoms with van der Waals surface area (Å²) in [5.74, 6) is -1.16. The van der Waals surface area contributed by atoms with Crippen molar-refractivity contribution in [3.8, 4) is 0 Å². The molecule has 0 aromatic heterocycles. The van der Waals surface area contributed by atoms with Crippen LogP contribution in [0.25, 0.3) is 0 Å². The summed E-state index contributed by atoms with van der Waals surface area (Å²) in [6.45, 7) is 5.08. The third kappa shape index (κ3) is 4.51. The molecule has 20 heavy (non-hydrogen) atoms. The Bertz CT molecular complexity index is 381. The molecule has 0 aromatic carbocycles. The molecule has 0 radical (unpaired) electrons. The zero-order valence-electron chi connectivity index (χ0n) is 12.5. The van der Waals surface area contributed by atoms with E-state index in [1.54, 1.807) is 11.9 Å². The van der Waals surface area contributed by atoms with Crippen molar-refractivity contribution in [3.63, 3.8) is 0 Å². The summed E-state index contributed by atoms with van der Waals surface area (Å²) >= 11 is 0. The number of rotatable bonds is 5. The molecule has 1 rings (SSSR count). The van der Waals surface area contributed by atoms with Gasteiger partial charge in [-0.1, -0.05) is 13.8 Å². The fourth-order valence-corrected chi connectivity index (χ4v) is 2.43. The third-order valence-corrected chi connectivity index (χ3v) is 3.61. The fourth-order valence-electron chi connectivity index (χ4n) is 2.43. The molecule has 1 aliphatic rings. The summed E-state index contributed by atoms with van der Waals surface area (Å²) in [6, 6.07) is 0. The summed E-state index contributed by atoms with van der Waals surface area (Å²) in [5.41, 5.74) is 0. The normalized spacial score (nSPS) is 19.0. The van der Waals surface area contributed by atoms with Crippen molar-refractivity contribution in [3.05, 3.63) is 0 Å². The standard InChI is InChI=1S/C14H24N2O4/c1-10(2)13(19)16-7-4-5-11(9-16)14(20)15(3)8-6-12(17)18/h10-11H,4-9H2,1-3H3,(H,17,18). The molecule has 114 valence electrons. The lowest BCUT2D eigenvalue weighted by atomic mass is 9.95. The minimum Gasteiger partial charge on any atom is -0.481 e. The number of carbonyl (C=O) groups is 3. The van der Waals surface area contributed by atoms with Gasteiger partial charge in [-0.05, 0) is 12.8 Å². The topological polar surface area (TPSA) is 77.9 Å². The van der Waals surface area contributed by atoms with Crippen LogP contribution in [0.5, 0.6) is 0 Å². The number of hydrogen-bond acceptors (Lipinski definition) is 3. The van der Waals surface area contributed by atoms with E-state index in [0.717, 1.165) is 12.8 Å². The molecule has 1 atom stereocenters. The van der Waals surface area contributed by atoms with Gasteiger partial charge in [0, 0.05) is 32.6 Å². The second-order valence-corrected chi connectivity index (χ2v) is 5.68. The van der Waals surface area contributed by atoms with Crippen LogP contribution in [0, 0.1) is 11.8 Å². The average molecular weight is 284 g/mol. The highest BCUT2D eigenvalue weighted by atomic mass is 16.4. The third-order valence-electron chi connectivity index (χ3n) is 3.61. The van der Waals surface area contributed by atoms with Crippen molar-refractivity contribution in [1.82, 2.24) is 9.80 Å². The van der Waals surface area contributed by atoms with E-state index in [1.165, 1.54) is 4.90 Å². The molecule has 1 heterocycles. The number of carboxylic acids is 1. The van der Waals surface area contributed by atoms with Crippen LogP contribution in [0.2, 0.25) is 0 Å². The molecule has 0 saturated carbocycles. The summed E-state index contributed by atoms with van der Waals surface area (Å²) in [6.07, 6.45) is 1.53. The van der Waals surface area contributed by atoms with Gasteiger partial charge in [-0.2, -0.15) is 0 Å². The van der Waals surface area contributed by atoms with Gasteiger partial charge in [-0.3, -0.25) is 14.4 Å². The molecular weight excluding hydrogens is 260 g/mol. The van der Waals surface area contributed by atoms with Gasteiger partial charge in [0.05, 0.1) is 12.3 Å². The second kappa shape index (κ2) is 7.26. The van der Waals surface area contributed by atoms with Gasteiger partial charge in [0.1, 0.15) is 0 Å². The van der Waals surface area contributed by atoms with E-state index in [-0.39, 0.29) is 36.6 Å². The minimum absolute atomic E-state index is 0.0520. The molecule has 0 bridgehead atoms. The van der Waals surface area contributed by atoms with Gasteiger partial charge in [0.2, 0.25) is 11.8 Å². The predicted octanol–water partition coefficient (Wildman–Crippen LogP) is 0.814. The molecule has 1 saturated heterocycles. The highest BCUT2D eigenvalue weighted by Gasteiger charge is 2.30. The minimum atomic E-state index is -0.912. The lowest BCUT2D eigenvalue weighted by Crippen LogP contribution is -2.47. The Kier molecular flexibility index (Phi) is 5.98. The van der Waals surface area contributed by atoms with Crippen LogP contribution in [0.4, 0.5) is 0 Å². The van der Waals surface area contributed by atoms with Crippen molar-refractivity contribution in [2.24, 2.45) is 11.8 Å². The Labute approximate surface area is 119 Å². The van der Waals surface area contributed by atoms with E-state index >= 15 is 0 Å². The zero-order valence-corrected chi connectivity index (χ0v) is 12.5. The van der Waals surface area contributed by atoms with E-state index < -0.39 is 5.97 Å². The molecule has 1 unspecified atom stereocenters. The number of amides is 2. The maximum atomic E-state index is 12.2. The Balaban J connectivity index is 2.55. The maximum Gasteiger partial charge on any atom is 0.305 e. The SMILES string of the molecule is CC(C)C(=O)N1CCCC(C(=O)N(C)CCC(=O)O)C1. The average Bonchev–Trinajstić information content (AvgIpc) is 2.43. The highest BCUT2D eigenvalue weighted by Crippen LogP contribution is 2.20. The molecule has 6 nitrogen and oxygen atoms in total. The zero-order chi connectivity index (χ0) is 15.3. The molecule has 1 N–H and O–H groups in total. The van der Waals surface area contributed by atoms with Crippen molar-refractivity contribution in [1.29, 1.82) is 0 Å². The number of carbonyl (C=O) groups excluding carboxylic acids is 2. The van der Waals surface area contributed by atoms with Crippen LogP contribution in [-0.4, -0.2) is 59.4 Å². The number of carboxylic acid groups (broad SMARTS) is 1. The first kappa shape index (κ1) is 16.5. The lowest BCUT2D eigenvalue weighted by molar-refractivity contribution is -0.142. The number of piperidine rings is 1. The van der Waals surface area contributed by atoms with Crippen LogP contribution in [0.15, 0.2) is 0 Å². The van der Waals surface area contributed by atoms with Gasteiger partial charge in [-0.15, -0.1) is 0 Å². The second-order valence-electron chi connectivity index (χ2n) is 5.68. The Morgan fingerprint density at radius 3 is 2.55 bits per heavy atom. The molecule has 0 aromatic rings. The number of aliphatic carboxylic acids is 1. The molecule has 0 aliphatic carbocycles. The highest BCUT2D eigenvalue weighted by molar-refractivity contribution is 5.82. The van der Waals surface area contributed by atoms with E-state index in [2.05, 4.69) is 0 Å². The number of likely N-dealkylation sites (tertiary alicyclic amines) is 1. The van der Waals surface area contributed by atoms with Crippen LogP contribution >= 0.6 is 0 Å². The molecule has 0 spiro atoms. The summed E-state index contributed by atoms with van der Waals surface area (Å²) in [5, 5.41) is 8.64. The molecule has 6 heteroatoms. The monoisotopic (exact) mass is 284 g/mol. The number of hydrogen-bond donors (Lipinski definition) is 1. The maximum absolute atomic E-state index is 12.2. The molecule has 1 fully saturated rings. The van der Waals surface area contributed by atoms with Crippen LogP contribution < -0.4 is 0 Å². The van der Waals surface area contributed by atoms with Crippen LogP contribution in [-0.2, 0) is 14.4 Å². The van der Waals surface area contributed by atoms with Crippen molar-refractivity contribution < 1.29 is 19.5 Å². The van der Waals surface area contributed by atoms with E-state index in [0.29, 0.717) is 13.1 Å². The first-order chi connectivity index (χ1) is 9.32. The van der Waals surface area contributed by atoms with Gasteiger partial charge < -0.3 is 14.9 Å². The predicted molar refractivity (Wildman–Crippen MR) is 74.0 cm³/mol. The first-order valence-electron chi connectivity index (χ1n) is 7.08. The van der Waals surface area contributed by atoms with Crippen LogP contribution in [0.1, 0.15) is 33.1 Å². The quantitative estimate of drug-likeness (QED) is 0.810. The lowest BCUT2D eigenvalue weighted by Gasteiger charge is -2.34. The van der Waals surface area contributed by atoms with Crippen molar-refractivity contribution >= 4 is 17.8 Å². The van der Waals surface area contributed by atoms with Crippen molar-refractivity contribution in [2.75, 3.05) is 26.7 Å². The van der Waals surface area contributed by atoms with Gasteiger partial charge in [0.25, 0.3) is 0 Å². The van der Waals surface area contributed by atoms with Crippen LogP contribution in [0.3, 0.4) is 0 Å². The van der Waals surface area contributed by atoms with E-state index in [9.17, 15) is 14.4 Å². The van der Waals surface area contributed by atoms with Gasteiger partial charge in [0.15, 0.2) is 0 Å².